The highest BCUT2D eigenvalue weighted by Gasteiger charge is 2.11. The first-order valence-corrected chi connectivity index (χ1v) is 6.00. The normalized spacial score (nSPS) is 10.4. The molecule has 2 aromatic rings. The summed E-state index contributed by atoms with van der Waals surface area (Å²) in [6.45, 7) is 2.20. The van der Waals surface area contributed by atoms with E-state index in [-0.39, 0.29) is 12.3 Å². The van der Waals surface area contributed by atoms with Crippen LogP contribution in [-0.4, -0.2) is 20.7 Å². The lowest BCUT2D eigenvalue weighted by atomic mass is 10.3. The van der Waals surface area contributed by atoms with Gasteiger partial charge in [0.1, 0.15) is 12.3 Å². The van der Waals surface area contributed by atoms with Gasteiger partial charge in [0.15, 0.2) is 0 Å². The Labute approximate surface area is 111 Å². The van der Waals surface area contributed by atoms with Gasteiger partial charge in [-0.15, -0.1) is 0 Å². The van der Waals surface area contributed by atoms with E-state index in [9.17, 15) is 4.79 Å². The van der Waals surface area contributed by atoms with Crippen LogP contribution in [0.2, 0.25) is 0 Å². The second-order valence-electron chi connectivity index (χ2n) is 4.16. The number of esters is 1. The number of pyridine rings is 1. The number of carbonyl (C=O) groups excluding carboxylic acids is 1. The molecule has 0 aliphatic heterocycles. The smallest absolute Gasteiger partial charge is 0.357 e. The number of nitrogens with zero attached hydrogens (tertiary/aromatic N) is 3. The Balaban J connectivity index is 2.00. The molecule has 100 valence electrons. The Morgan fingerprint density at radius 1 is 1.47 bits per heavy atom. The van der Waals surface area contributed by atoms with Crippen molar-refractivity contribution in [3.63, 3.8) is 0 Å². The molecule has 0 saturated carbocycles. The van der Waals surface area contributed by atoms with Crippen molar-refractivity contribution in [1.29, 1.82) is 0 Å². The monoisotopic (exact) mass is 260 g/mol. The number of aryl methyl sites for hydroxylation is 2. The maximum Gasteiger partial charge on any atom is 0.357 e. The Kier molecular flexibility index (Phi) is 3.79. The zero-order valence-electron chi connectivity index (χ0n) is 11.0. The second-order valence-corrected chi connectivity index (χ2v) is 4.16. The SMILES string of the molecule is CCc1cc(COC(=O)c2ccc(N)cn2)n(C)n1. The number of ether oxygens (including phenoxy) is 1. The molecular weight excluding hydrogens is 244 g/mol. The van der Waals surface area contributed by atoms with E-state index in [2.05, 4.69) is 10.1 Å². The lowest BCUT2D eigenvalue weighted by Crippen LogP contribution is -2.09. The molecule has 6 nitrogen and oxygen atoms in total. The maximum absolute atomic E-state index is 11.8. The van der Waals surface area contributed by atoms with Gasteiger partial charge in [0.25, 0.3) is 0 Å². The predicted molar refractivity (Wildman–Crippen MR) is 70.4 cm³/mol. The number of nitrogen functional groups attached to an aromatic ring is 1. The van der Waals surface area contributed by atoms with Crippen LogP contribution in [-0.2, 0) is 24.8 Å². The van der Waals surface area contributed by atoms with Crippen LogP contribution >= 0.6 is 0 Å². The molecule has 0 amide bonds. The minimum absolute atomic E-state index is 0.175. The molecule has 2 heterocycles. The lowest BCUT2D eigenvalue weighted by Gasteiger charge is -2.04. The molecule has 19 heavy (non-hydrogen) atoms. The second kappa shape index (κ2) is 5.51. The molecule has 2 rings (SSSR count). The fraction of sp³-hybridized carbons (Fsp3) is 0.308. The molecule has 0 saturated heterocycles. The van der Waals surface area contributed by atoms with Crippen molar-refractivity contribution >= 4 is 11.7 Å². The van der Waals surface area contributed by atoms with Crippen molar-refractivity contribution < 1.29 is 9.53 Å². The number of anilines is 1. The molecular formula is C13H16N4O2. The van der Waals surface area contributed by atoms with Crippen LogP contribution in [0.4, 0.5) is 5.69 Å². The summed E-state index contributed by atoms with van der Waals surface area (Å²) in [6, 6.07) is 5.07. The van der Waals surface area contributed by atoms with Crippen molar-refractivity contribution in [2.45, 2.75) is 20.0 Å². The van der Waals surface area contributed by atoms with E-state index in [0.29, 0.717) is 5.69 Å². The summed E-state index contributed by atoms with van der Waals surface area (Å²) < 4.78 is 6.90. The molecule has 0 aromatic carbocycles. The highest BCUT2D eigenvalue weighted by Crippen LogP contribution is 2.08. The fourth-order valence-corrected chi connectivity index (χ4v) is 1.62. The zero-order valence-corrected chi connectivity index (χ0v) is 11.0. The molecule has 0 bridgehead atoms. The number of hydrogen-bond donors (Lipinski definition) is 1. The standard InChI is InChI=1S/C13H16N4O2/c1-3-10-6-11(17(2)16-10)8-19-13(18)12-5-4-9(14)7-15-12/h4-7H,3,8,14H2,1-2H3. The Morgan fingerprint density at radius 2 is 2.26 bits per heavy atom. The van der Waals surface area contributed by atoms with Gasteiger partial charge < -0.3 is 10.5 Å². The fourth-order valence-electron chi connectivity index (χ4n) is 1.62. The van der Waals surface area contributed by atoms with Gasteiger partial charge in [0.2, 0.25) is 0 Å². The Morgan fingerprint density at radius 3 is 2.84 bits per heavy atom. The third-order valence-corrected chi connectivity index (χ3v) is 2.74. The summed E-state index contributed by atoms with van der Waals surface area (Å²) in [4.78, 5) is 15.7. The van der Waals surface area contributed by atoms with Crippen molar-refractivity contribution in [2.75, 3.05) is 5.73 Å². The van der Waals surface area contributed by atoms with Crippen LogP contribution in [0.3, 0.4) is 0 Å². The highest BCUT2D eigenvalue weighted by atomic mass is 16.5. The number of hydrogen-bond acceptors (Lipinski definition) is 5. The summed E-state index contributed by atoms with van der Waals surface area (Å²) in [6.07, 6.45) is 2.27. The minimum atomic E-state index is -0.473. The first kappa shape index (κ1) is 13.1. The summed E-state index contributed by atoms with van der Waals surface area (Å²) in [5, 5.41) is 4.28. The van der Waals surface area contributed by atoms with Gasteiger partial charge in [-0.25, -0.2) is 9.78 Å². The quantitative estimate of drug-likeness (QED) is 0.838. The maximum atomic E-state index is 11.8. The van der Waals surface area contributed by atoms with Crippen molar-refractivity contribution in [3.8, 4) is 0 Å². The zero-order chi connectivity index (χ0) is 13.8. The molecule has 6 heteroatoms. The number of nitrogens with two attached hydrogens (primary N) is 1. The van der Waals surface area contributed by atoms with E-state index < -0.39 is 5.97 Å². The third-order valence-electron chi connectivity index (χ3n) is 2.74. The average Bonchev–Trinajstić information content (AvgIpc) is 2.77. The number of carbonyl (C=O) groups is 1. The first-order chi connectivity index (χ1) is 9.10. The van der Waals surface area contributed by atoms with Gasteiger partial charge in [-0.1, -0.05) is 6.92 Å². The summed E-state index contributed by atoms with van der Waals surface area (Å²) in [5.41, 5.74) is 8.08. The Hall–Kier alpha value is -2.37. The molecule has 0 spiro atoms. The van der Waals surface area contributed by atoms with E-state index in [1.165, 1.54) is 6.20 Å². The van der Waals surface area contributed by atoms with Crippen LogP contribution in [0.1, 0.15) is 28.8 Å². The van der Waals surface area contributed by atoms with Gasteiger partial charge in [0.05, 0.1) is 23.3 Å². The van der Waals surface area contributed by atoms with Gasteiger partial charge in [0, 0.05) is 7.05 Å². The van der Waals surface area contributed by atoms with Crippen LogP contribution in [0.15, 0.2) is 24.4 Å². The minimum Gasteiger partial charge on any atom is -0.454 e. The van der Waals surface area contributed by atoms with Gasteiger partial charge in [-0.3, -0.25) is 4.68 Å². The van der Waals surface area contributed by atoms with E-state index in [0.717, 1.165) is 17.8 Å². The molecule has 2 N–H and O–H groups in total. The van der Waals surface area contributed by atoms with Crippen LogP contribution < -0.4 is 5.73 Å². The van der Waals surface area contributed by atoms with Crippen LogP contribution in [0.5, 0.6) is 0 Å². The van der Waals surface area contributed by atoms with Crippen molar-refractivity contribution in [1.82, 2.24) is 14.8 Å². The molecule has 2 aromatic heterocycles. The Bertz CT molecular complexity index is 575. The van der Waals surface area contributed by atoms with Crippen LogP contribution in [0.25, 0.3) is 0 Å². The van der Waals surface area contributed by atoms with Crippen LogP contribution in [0, 0.1) is 0 Å². The number of aromatic nitrogens is 3. The highest BCUT2D eigenvalue weighted by molar-refractivity contribution is 5.87. The third kappa shape index (κ3) is 3.09. The van der Waals surface area contributed by atoms with E-state index in [1.54, 1.807) is 16.8 Å². The predicted octanol–water partition coefficient (Wildman–Crippen LogP) is 1.32. The average molecular weight is 260 g/mol. The van der Waals surface area contributed by atoms with E-state index >= 15 is 0 Å². The summed E-state index contributed by atoms with van der Waals surface area (Å²) >= 11 is 0. The lowest BCUT2D eigenvalue weighted by molar-refractivity contribution is 0.0456. The molecule has 0 aliphatic carbocycles. The molecule has 0 unspecified atom stereocenters. The molecule has 0 fully saturated rings. The van der Waals surface area contributed by atoms with E-state index in [4.69, 9.17) is 10.5 Å². The van der Waals surface area contributed by atoms with Crippen molar-refractivity contribution in [3.05, 3.63) is 41.5 Å². The first-order valence-electron chi connectivity index (χ1n) is 6.00. The molecule has 0 atom stereocenters. The summed E-state index contributed by atoms with van der Waals surface area (Å²) in [5.74, 6) is -0.473. The topological polar surface area (TPSA) is 83.0 Å². The van der Waals surface area contributed by atoms with E-state index in [1.807, 2.05) is 20.0 Å². The summed E-state index contributed by atoms with van der Waals surface area (Å²) in [7, 11) is 1.82. The van der Waals surface area contributed by atoms with Crippen molar-refractivity contribution in [2.24, 2.45) is 7.05 Å². The van der Waals surface area contributed by atoms with Gasteiger partial charge >= 0.3 is 5.97 Å². The molecule has 0 aliphatic rings. The van der Waals surface area contributed by atoms with Gasteiger partial charge in [-0.2, -0.15) is 5.10 Å². The van der Waals surface area contributed by atoms with Gasteiger partial charge in [-0.05, 0) is 24.6 Å². The largest absolute Gasteiger partial charge is 0.454 e. The number of rotatable bonds is 4. The molecule has 0 radical (unpaired) electrons.